The van der Waals surface area contributed by atoms with Crippen LogP contribution in [0.4, 0.5) is 0 Å². The Morgan fingerprint density at radius 3 is 2.82 bits per heavy atom. The van der Waals surface area contributed by atoms with E-state index in [1.807, 2.05) is 13.8 Å². The predicted molar refractivity (Wildman–Crippen MR) is 38.4 cm³/mol. The maximum atomic E-state index is 9.28. The molecule has 0 spiro atoms. The highest BCUT2D eigenvalue weighted by Gasteiger charge is 2.37. The molecule has 60 valence electrons. The van der Waals surface area contributed by atoms with Gasteiger partial charge in [-0.1, -0.05) is 0 Å². The fourth-order valence-electron chi connectivity index (χ4n) is 1.24. The molecule has 0 bridgehead atoms. The summed E-state index contributed by atoms with van der Waals surface area (Å²) in [6.45, 7) is 3.62. The van der Waals surface area contributed by atoms with E-state index < -0.39 is 11.9 Å². The molecule has 0 fully saturated rings. The fraction of sp³-hybridized carbons (Fsp3) is 0.500. The molecule has 1 aliphatic heterocycles. The first-order valence-corrected chi connectivity index (χ1v) is 3.57. The van der Waals surface area contributed by atoms with Gasteiger partial charge in [-0.15, -0.1) is 0 Å². The lowest BCUT2D eigenvalue weighted by molar-refractivity contribution is -0.128. The Morgan fingerprint density at radius 1 is 1.45 bits per heavy atom. The lowest BCUT2D eigenvalue weighted by atomic mass is 10.3. The van der Waals surface area contributed by atoms with Crippen LogP contribution in [0.3, 0.4) is 0 Å². The number of hydrogen-bond donors (Lipinski definition) is 1. The molecule has 3 nitrogen and oxygen atoms in total. The van der Waals surface area contributed by atoms with E-state index in [-0.39, 0.29) is 0 Å². The van der Waals surface area contributed by atoms with E-state index in [1.165, 1.54) is 0 Å². The summed E-state index contributed by atoms with van der Waals surface area (Å²) in [5, 5.41) is 9.28. The summed E-state index contributed by atoms with van der Waals surface area (Å²) in [6, 6.07) is 0. The molecule has 1 N–H and O–H groups in total. The Hall–Kier alpha value is -0.960. The van der Waals surface area contributed by atoms with Gasteiger partial charge in [0.25, 0.3) is 0 Å². The summed E-state index contributed by atoms with van der Waals surface area (Å²) >= 11 is 0. The highest BCUT2D eigenvalue weighted by atomic mass is 16.7. The van der Waals surface area contributed by atoms with E-state index in [0.29, 0.717) is 11.5 Å². The molecular weight excluding hydrogens is 144 g/mol. The summed E-state index contributed by atoms with van der Waals surface area (Å²) in [5.74, 6) is 0.577. The number of aliphatic hydroxyl groups is 1. The van der Waals surface area contributed by atoms with Crippen LogP contribution in [0.1, 0.15) is 13.8 Å². The van der Waals surface area contributed by atoms with Gasteiger partial charge >= 0.3 is 0 Å². The Bertz CT molecular complexity index is 250. The van der Waals surface area contributed by atoms with Crippen molar-refractivity contribution in [2.24, 2.45) is 0 Å². The fourth-order valence-corrected chi connectivity index (χ4v) is 1.24. The van der Waals surface area contributed by atoms with E-state index in [4.69, 9.17) is 9.47 Å². The minimum Gasteiger partial charge on any atom is -0.450 e. The third-order valence-electron chi connectivity index (χ3n) is 1.65. The van der Waals surface area contributed by atoms with Crippen LogP contribution in [0.2, 0.25) is 0 Å². The second-order valence-corrected chi connectivity index (χ2v) is 3.14. The molecule has 0 saturated heterocycles. The topological polar surface area (TPSA) is 38.7 Å². The second kappa shape index (κ2) is 1.80. The molecule has 0 radical (unpaired) electrons. The Morgan fingerprint density at radius 2 is 2.18 bits per heavy atom. The van der Waals surface area contributed by atoms with Crippen LogP contribution >= 0.6 is 0 Å². The summed E-state index contributed by atoms with van der Waals surface area (Å²) in [6.07, 6.45) is 2.75. The summed E-state index contributed by atoms with van der Waals surface area (Å²) in [7, 11) is 0. The molecular formula is C8H10O3. The van der Waals surface area contributed by atoms with E-state index in [0.717, 1.165) is 0 Å². The van der Waals surface area contributed by atoms with Crippen LogP contribution in [0.15, 0.2) is 23.7 Å². The van der Waals surface area contributed by atoms with Gasteiger partial charge in [0.05, 0.1) is 0 Å². The van der Waals surface area contributed by atoms with Gasteiger partial charge in [0.15, 0.2) is 11.5 Å². The van der Waals surface area contributed by atoms with Crippen molar-refractivity contribution in [3.8, 4) is 0 Å². The zero-order chi connectivity index (χ0) is 8.06. The average Bonchev–Trinajstić information content (AvgIpc) is 2.31. The molecule has 1 unspecified atom stereocenters. The number of aliphatic hydroxyl groups excluding tert-OH is 1. The average molecular weight is 154 g/mol. The van der Waals surface area contributed by atoms with Crippen molar-refractivity contribution >= 4 is 0 Å². The molecule has 0 aromatic rings. The summed E-state index contributed by atoms with van der Waals surface area (Å²) in [5.41, 5.74) is 0. The van der Waals surface area contributed by atoms with Gasteiger partial charge in [-0.25, -0.2) is 0 Å². The van der Waals surface area contributed by atoms with E-state index in [9.17, 15) is 5.11 Å². The smallest absolute Gasteiger partial charge is 0.245 e. The maximum Gasteiger partial charge on any atom is 0.245 e. The third kappa shape index (κ3) is 0.922. The Labute approximate surface area is 64.9 Å². The lowest BCUT2D eigenvalue weighted by Gasteiger charge is -2.20. The number of ether oxygens (including phenoxy) is 2. The lowest BCUT2D eigenvalue weighted by Crippen LogP contribution is -2.23. The Kier molecular flexibility index (Phi) is 1.10. The van der Waals surface area contributed by atoms with Crippen molar-refractivity contribution < 1.29 is 14.6 Å². The van der Waals surface area contributed by atoms with Gasteiger partial charge in [0.2, 0.25) is 5.79 Å². The highest BCUT2D eigenvalue weighted by Crippen LogP contribution is 2.36. The number of allylic oxidation sites excluding steroid dienone is 1. The minimum absolute atomic E-state index is 0.537. The SMILES string of the molecule is CC1(C)OC2=C(O1)C(O)C=C2. The van der Waals surface area contributed by atoms with Gasteiger partial charge in [-0.3, -0.25) is 0 Å². The molecule has 0 aromatic heterocycles. The monoisotopic (exact) mass is 154 g/mol. The number of hydrogen-bond acceptors (Lipinski definition) is 3. The van der Waals surface area contributed by atoms with Gasteiger partial charge in [-0.05, 0) is 12.2 Å². The van der Waals surface area contributed by atoms with Crippen LogP contribution in [0, 0.1) is 0 Å². The first-order valence-electron chi connectivity index (χ1n) is 3.57. The quantitative estimate of drug-likeness (QED) is 0.563. The molecule has 0 saturated carbocycles. The van der Waals surface area contributed by atoms with Crippen molar-refractivity contribution in [2.75, 3.05) is 0 Å². The van der Waals surface area contributed by atoms with Crippen molar-refractivity contribution in [2.45, 2.75) is 25.7 Å². The molecule has 11 heavy (non-hydrogen) atoms. The third-order valence-corrected chi connectivity index (χ3v) is 1.65. The highest BCUT2D eigenvalue weighted by molar-refractivity contribution is 5.33. The normalized spacial score (nSPS) is 31.7. The molecule has 2 aliphatic rings. The first-order chi connectivity index (χ1) is 5.08. The first kappa shape index (κ1) is 6.73. The standard InChI is InChI=1S/C8H10O3/c1-8(2)10-6-4-3-5(9)7(6)11-8/h3-5,9H,1-2H3. The molecule has 3 heteroatoms. The summed E-state index contributed by atoms with van der Waals surface area (Å²) < 4.78 is 10.7. The zero-order valence-electron chi connectivity index (χ0n) is 6.50. The van der Waals surface area contributed by atoms with Crippen LogP contribution in [0.5, 0.6) is 0 Å². The molecule has 1 heterocycles. The van der Waals surface area contributed by atoms with Gasteiger partial charge in [-0.2, -0.15) is 0 Å². The maximum absolute atomic E-state index is 9.28. The van der Waals surface area contributed by atoms with E-state index in [1.54, 1.807) is 12.2 Å². The largest absolute Gasteiger partial charge is 0.450 e. The molecule has 1 atom stereocenters. The van der Waals surface area contributed by atoms with Gasteiger partial charge in [0, 0.05) is 13.8 Å². The van der Waals surface area contributed by atoms with Crippen molar-refractivity contribution in [1.82, 2.24) is 0 Å². The van der Waals surface area contributed by atoms with E-state index >= 15 is 0 Å². The molecule has 2 rings (SSSR count). The van der Waals surface area contributed by atoms with Crippen LogP contribution < -0.4 is 0 Å². The van der Waals surface area contributed by atoms with Gasteiger partial charge in [0.1, 0.15) is 6.10 Å². The van der Waals surface area contributed by atoms with Crippen LogP contribution in [0.25, 0.3) is 0 Å². The van der Waals surface area contributed by atoms with Crippen molar-refractivity contribution in [3.63, 3.8) is 0 Å². The van der Waals surface area contributed by atoms with Gasteiger partial charge < -0.3 is 14.6 Å². The minimum atomic E-state index is -0.619. The van der Waals surface area contributed by atoms with Crippen molar-refractivity contribution in [1.29, 1.82) is 0 Å². The summed E-state index contributed by atoms with van der Waals surface area (Å²) in [4.78, 5) is 0. The number of rotatable bonds is 0. The van der Waals surface area contributed by atoms with Crippen LogP contribution in [-0.2, 0) is 9.47 Å². The van der Waals surface area contributed by atoms with Crippen LogP contribution in [-0.4, -0.2) is 17.0 Å². The molecule has 0 aromatic carbocycles. The molecule has 1 aliphatic carbocycles. The van der Waals surface area contributed by atoms with E-state index in [2.05, 4.69) is 0 Å². The van der Waals surface area contributed by atoms with Crippen molar-refractivity contribution in [3.05, 3.63) is 23.7 Å². The second-order valence-electron chi connectivity index (χ2n) is 3.14. The Balaban J connectivity index is 2.26. The molecule has 0 amide bonds. The zero-order valence-corrected chi connectivity index (χ0v) is 6.50. The predicted octanol–water partition coefficient (Wildman–Crippen LogP) is 0.912.